The molecule has 1 aromatic heterocycles. The predicted molar refractivity (Wildman–Crippen MR) is 98.8 cm³/mol. The molecule has 1 N–H and O–H groups in total. The van der Waals surface area contributed by atoms with Crippen LogP contribution in [0.2, 0.25) is 0 Å². The molecule has 1 fully saturated rings. The van der Waals surface area contributed by atoms with Gasteiger partial charge in [0.1, 0.15) is 0 Å². The van der Waals surface area contributed by atoms with Gasteiger partial charge in [0.05, 0.1) is 10.3 Å². The van der Waals surface area contributed by atoms with Crippen molar-refractivity contribution in [2.24, 2.45) is 0 Å². The average molecular weight is 394 g/mol. The number of nitrogens with zero attached hydrogens (tertiary/aromatic N) is 2. The van der Waals surface area contributed by atoms with Crippen LogP contribution in [0, 0.1) is 0 Å². The molecule has 1 amide bonds. The summed E-state index contributed by atoms with van der Waals surface area (Å²) in [4.78, 5) is 18.1. The molecule has 0 spiro atoms. The lowest BCUT2D eigenvalue weighted by Crippen LogP contribution is -2.48. The van der Waals surface area contributed by atoms with Gasteiger partial charge in [0.2, 0.25) is 5.91 Å². The van der Waals surface area contributed by atoms with Crippen LogP contribution in [0.5, 0.6) is 0 Å². The summed E-state index contributed by atoms with van der Waals surface area (Å²) in [7, 11) is 0. The molecule has 2 heterocycles. The van der Waals surface area contributed by atoms with Crippen molar-refractivity contribution in [3.63, 3.8) is 0 Å². The van der Waals surface area contributed by atoms with E-state index in [9.17, 15) is 4.79 Å². The molecular formula is C17H20BrN3OS. The Balaban J connectivity index is 1.41. The molecule has 0 bridgehead atoms. The van der Waals surface area contributed by atoms with E-state index in [1.807, 2.05) is 30.3 Å². The molecule has 2 aromatic rings. The maximum Gasteiger partial charge on any atom is 0.238 e. The zero-order valence-electron chi connectivity index (χ0n) is 12.9. The van der Waals surface area contributed by atoms with Crippen molar-refractivity contribution in [1.29, 1.82) is 0 Å². The number of carbonyl (C=O) groups is 1. The average Bonchev–Trinajstić information content (AvgIpc) is 2.95. The van der Waals surface area contributed by atoms with Crippen molar-refractivity contribution < 1.29 is 4.79 Å². The second-order valence-electron chi connectivity index (χ2n) is 5.67. The SMILES string of the molecule is O=C(CN1CCN(Cc2ccc(Br)s2)CC1)Nc1ccccc1. The van der Waals surface area contributed by atoms with Gasteiger partial charge >= 0.3 is 0 Å². The van der Waals surface area contributed by atoms with Crippen LogP contribution >= 0.6 is 27.3 Å². The minimum atomic E-state index is 0.0619. The standard InChI is InChI=1S/C17H20BrN3OS/c18-16-7-6-15(23-16)12-20-8-10-21(11-9-20)13-17(22)19-14-4-2-1-3-5-14/h1-7H,8-13H2,(H,19,22). The molecule has 0 radical (unpaired) electrons. The van der Waals surface area contributed by atoms with Gasteiger partial charge in [-0.05, 0) is 40.2 Å². The highest BCUT2D eigenvalue weighted by atomic mass is 79.9. The zero-order chi connectivity index (χ0) is 16.1. The number of halogens is 1. The van der Waals surface area contributed by atoms with Crippen molar-refractivity contribution in [3.05, 3.63) is 51.1 Å². The Morgan fingerprint density at radius 3 is 2.39 bits per heavy atom. The number of thiophene rings is 1. The Bertz CT molecular complexity index is 638. The van der Waals surface area contributed by atoms with Gasteiger partial charge in [0, 0.05) is 43.3 Å². The lowest BCUT2D eigenvalue weighted by atomic mass is 10.3. The first-order valence-corrected chi connectivity index (χ1v) is 9.34. The molecule has 6 heteroatoms. The Hall–Kier alpha value is -1.21. The Morgan fingerprint density at radius 2 is 1.74 bits per heavy atom. The first kappa shape index (κ1) is 16.6. The van der Waals surface area contributed by atoms with Crippen LogP contribution in [0.4, 0.5) is 5.69 Å². The van der Waals surface area contributed by atoms with Gasteiger partial charge in [-0.2, -0.15) is 0 Å². The Kier molecular flexibility index (Phi) is 5.83. The normalized spacial score (nSPS) is 16.4. The summed E-state index contributed by atoms with van der Waals surface area (Å²) < 4.78 is 1.18. The van der Waals surface area contributed by atoms with Crippen molar-refractivity contribution >= 4 is 38.9 Å². The van der Waals surface area contributed by atoms with Gasteiger partial charge in [0.25, 0.3) is 0 Å². The number of hydrogen-bond donors (Lipinski definition) is 1. The van der Waals surface area contributed by atoms with Gasteiger partial charge in [-0.3, -0.25) is 14.6 Å². The van der Waals surface area contributed by atoms with E-state index in [0.717, 1.165) is 38.4 Å². The molecule has 1 aliphatic heterocycles. The molecule has 122 valence electrons. The summed E-state index contributed by atoms with van der Waals surface area (Å²) in [5.74, 6) is 0.0619. The van der Waals surface area contributed by atoms with Gasteiger partial charge in [-0.15, -0.1) is 11.3 Å². The van der Waals surface area contributed by atoms with Gasteiger partial charge in [0.15, 0.2) is 0 Å². The second kappa shape index (κ2) is 8.06. The molecule has 0 saturated carbocycles. The van der Waals surface area contributed by atoms with Crippen LogP contribution in [0.25, 0.3) is 0 Å². The number of nitrogens with one attached hydrogen (secondary N) is 1. The van der Waals surface area contributed by atoms with E-state index in [4.69, 9.17) is 0 Å². The molecule has 1 aromatic carbocycles. The van der Waals surface area contributed by atoms with E-state index >= 15 is 0 Å². The number of carbonyl (C=O) groups excluding carboxylic acids is 1. The predicted octanol–water partition coefficient (Wildman–Crippen LogP) is 3.27. The number of piperazine rings is 1. The number of rotatable bonds is 5. The van der Waals surface area contributed by atoms with Crippen molar-refractivity contribution in [2.75, 3.05) is 38.0 Å². The third-order valence-corrected chi connectivity index (χ3v) is 5.51. The third kappa shape index (κ3) is 5.14. The maximum atomic E-state index is 12.1. The van der Waals surface area contributed by atoms with Gasteiger partial charge in [-0.25, -0.2) is 0 Å². The third-order valence-electron chi connectivity index (χ3n) is 3.90. The Morgan fingerprint density at radius 1 is 1.04 bits per heavy atom. The minimum absolute atomic E-state index is 0.0619. The van der Waals surface area contributed by atoms with Crippen molar-refractivity contribution in [3.8, 4) is 0 Å². The van der Waals surface area contributed by atoms with E-state index in [2.05, 4.69) is 43.2 Å². The molecule has 1 aliphatic rings. The summed E-state index contributed by atoms with van der Waals surface area (Å²) in [6, 6.07) is 13.9. The highest BCUT2D eigenvalue weighted by molar-refractivity contribution is 9.11. The quantitative estimate of drug-likeness (QED) is 0.846. The number of anilines is 1. The van der Waals surface area contributed by atoms with Crippen LogP contribution in [-0.4, -0.2) is 48.4 Å². The van der Waals surface area contributed by atoms with Crippen molar-refractivity contribution in [1.82, 2.24) is 9.80 Å². The summed E-state index contributed by atoms with van der Waals surface area (Å²) in [6.45, 7) is 5.36. The van der Waals surface area contributed by atoms with Crippen LogP contribution < -0.4 is 5.32 Å². The maximum absolute atomic E-state index is 12.1. The molecule has 3 rings (SSSR count). The molecule has 0 aliphatic carbocycles. The van der Waals surface area contributed by atoms with Crippen LogP contribution in [0.1, 0.15) is 4.88 Å². The fraction of sp³-hybridized carbons (Fsp3) is 0.353. The molecule has 4 nitrogen and oxygen atoms in total. The largest absolute Gasteiger partial charge is 0.325 e. The first-order valence-electron chi connectivity index (χ1n) is 7.73. The number of amides is 1. The van der Waals surface area contributed by atoms with Crippen molar-refractivity contribution in [2.45, 2.75) is 6.54 Å². The topological polar surface area (TPSA) is 35.6 Å². The summed E-state index contributed by atoms with van der Waals surface area (Å²) >= 11 is 5.30. The summed E-state index contributed by atoms with van der Waals surface area (Å²) in [5.41, 5.74) is 0.861. The summed E-state index contributed by atoms with van der Waals surface area (Å²) in [5, 5.41) is 2.95. The van der Waals surface area contributed by atoms with E-state index in [-0.39, 0.29) is 5.91 Å². The van der Waals surface area contributed by atoms with E-state index < -0.39 is 0 Å². The summed E-state index contributed by atoms with van der Waals surface area (Å²) in [6.07, 6.45) is 0. The second-order valence-corrected chi connectivity index (χ2v) is 8.22. The van der Waals surface area contributed by atoms with Crippen LogP contribution in [0.15, 0.2) is 46.3 Å². The van der Waals surface area contributed by atoms with Crippen LogP contribution in [0.3, 0.4) is 0 Å². The first-order chi connectivity index (χ1) is 11.2. The van der Waals surface area contributed by atoms with E-state index in [0.29, 0.717) is 6.54 Å². The molecule has 1 saturated heterocycles. The van der Waals surface area contributed by atoms with Gasteiger partial charge < -0.3 is 5.32 Å². The number of benzene rings is 1. The van der Waals surface area contributed by atoms with E-state index in [1.54, 1.807) is 11.3 Å². The highest BCUT2D eigenvalue weighted by Crippen LogP contribution is 2.23. The lowest BCUT2D eigenvalue weighted by Gasteiger charge is -2.34. The molecule has 0 unspecified atom stereocenters. The molecule has 0 atom stereocenters. The number of hydrogen-bond acceptors (Lipinski definition) is 4. The highest BCUT2D eigenvalue weighted by Gasteiger charge is 2.19. The van der Waals surface area contributed by atoms with Gasteiger partial charge in [-0.1, -0.05) is 18.2 Å². The smallest absolute Gasteiger partial charge is 0.238 e. The molecule has 23 heavy (non-hydrogen) atoms. The van der Waals surface area contributed by atoms with Crippen LogP contribution in [-0.2, 0) is 11.3 Å². The minimum Gasteiger partial charge on any atom is -0.325 e. The number of para-hydroxylation sites is 1. The van der Waals surface area contributed by atoms with E-state index in [1.165, 1.54) is 8.66 Å². The fourth-order valence-corrected chi connectivity index (χ4v) is 4.21. The Labute approximate surface area is 149 Å². The molecular weight excluding hydrogens is 374 g/mol. The monoisotopic (exact) mass is 393 g/mol. The fourth-order valence-electron chi connectivity index (χ4n) is 2.69. The lowest BCUT2D eigenvalue weighted by molar-refractivity contribution is -0.117. The zero-order valence-corrected chi connectivity index (χ0v) is 15.3.